The number of nitrogens with two attached hydrogens (primary N) is 1. The first-order valence-corrected chi connectivity index (χ1v) is 4.18. The standard InChI is InChI=1S/C7H9F3N4/c8-7(9,10)4-1-5(11)6-12-3-13-14(6)2-4/h3-5H,1-2,11H2. The quantitative estimate of drug-likeness (QED) is 0.684. The van der Waals surface area contributed by atoms with Crippen LogP contribution in [0.3, 0.4) is 0 Å². The molecule has 0 amide bonds. The average molecular weight is 206 g/mol. The highest BCUT2D eigenvalue weighted by molar-refractivity contribution is 4.98. The molecule has 1 aromatic rings. The van der Waals surface area contributed by atoms with Crippen molar-refractivity contribution in [3.8, 4) is 0 Å². The van der Waals surface area contributed by atoms with Gasteiger partial charge in [0.05, 0.1) is 18.5 Å². The van der Waals surface area contributed by atoms with Gasteiger partial charge in [0, 0.05) is 0 Å². The van der Waals surface area contributed by atoms with Crippen LogP contribution in [0, 0.1) is 5.92 Å². The zero-order valence-electron chi connectivity index (χ0n) is 7.20. The minimum Gasteiger partial charge on any atom is -0.321 e. The molecule has 0 fully saturated rings. The summed E-state index contributed by atoms with van der Waals surface area (Å²) in [5.74, 6) is -0.975. The number of hydrogen-bond acceptors (Lipinski definition) is 3. The zero-order valence-corrected chi connectivity index (χ0v) is 7.20. The van der Waals surface area contributed by atoms with Gasteiger partial charge >= 0.3 is 6.18 Å². The van der Waals surface area contributed by atoms with Gasteiger partial charge in [-0.3, -0.25) is 0 Å². The van der Waals surface area contributed by atoms with Gasteiger partial charge in [0.25, 0.3) is 0 Å². The number of halogens is 3. The summed E-state index contributed by atoms with van der Waals surface area (Å²) in [7, 11) is 0. The smallest absolute Gasteiger partial charge is 0.321 e. The molecule has 0 aromatic carbocycles. The highest BCUT2D eigenvalue weighted by atomic mass is 19.4. The molecule has 14 heavy (non-hydrogen) atoms. The van der Waals surface area contributed by atoms with E-state index in [4.69, 9.17) is 5.73 Å². The Morgan fingerprint density at radius 3 is 2.86 bits per heavy atom. The summed E-state index contributed by atoms with van der Waals surface area (Å²) in [6, 6.07) is -0.669. The fourth-order valence-corrected chi connectivity index (χ4v) is 1.63. The number of nitrogens with zero attached hydrogens (tertiary/aromatic N) is 3. The molecule has 0 radical (unpaired) electrons. The lowest BCUT2D eigenvalue weighted by molar-refractivity contribution is -0.184. The molecule has 2 rings (SSSR count). The zero-order chi connectivity index (χ0) is 10.3. The molecule has 1 aliphatic rings. The van der Waals surface area contributed by atoms with Crippen LogP contribution >= 0.6 is 0 Å². The van der Waals surface area contributed by atoms with Crippen LogP contribution in [0.15, 0.2) is 6.33 Å². The van der Waals surface area contributed by atoms with E-state index in [-0.39, 0.29) is 13.0 Å². The molecular formula is C7H9F3N4. The molecule has 0 saturated carbocycles. The molecule has 1 aliphatic heterocycles. The molecule has 2 atom stereocenters. The normalized spacial score (nSPS) is 27.4. The Morgan fingerprint density at radius 2 is 2.21 bits per heavy atom. The maximum atomic E-state index is 12.4. The lowest BCUT2D eigenvalue weighted by Gasteiger charge is -2.28. The van der Waals surface area contributed by atoms with Crippen molar-refractivity contribution >= 4 is 0 Å². The van der Waals surface area contributed by atoms with Gasteiger partial charge in [-0.1, -0.05) is 0 Å². The van der Waals surface area contributed by atoms with E-state index in [1.54, 1.807) is 0 Å². The molecule has 7 heteroatoms. The number of aromatic nitrogens is 3. The number of fused-ring (bicyclic) bond motifs is 1. The van der Waals surface area contributed by atoms with Gasteiger partial charge < -0.3 is 5.73 Å². The molecule has 2 N–H and O–H groups in total. The van der Waals surface area contributed by atoms with Crippen LogP contribution in [0.5, 0.6) is 0 Å². The minimum atomic E-state index is -4.21. The van der Waals surface area contributed by atoms with Gasteiger partial charge in [-0.05, 0) is 6.42 Å². The SMILES string of the molecule is NC1CC(C(F)(F)F)Cn2ncnc21. The van der Waals surface area contributed by atoms with Crippen molar-refractivity contribution in [3.63, 3.8) is 0 Å². The molecule has 2 heterocycles. The topological polar surface area (TPSA) is 56.7 Å². The summed E-state index contributed by atoms with van der Waals surface area (Å²) in [5, 5.41) is 3.70. The minimum absolute atomic E-state index is 0.109. The van der Waals surface area contributed by atoms with Crippen molar-refractivity contribution < 1.29 is 13.2 Å². The molecule has 4 nitrogen and oxygen atoms in total. The van der Waals surface area contributed by atoms with E-state index in [0.717, 1.165) is 0 Å². The van der Waals surface area contributed by atoms with E-state index in [9.17, 15) is 13.2 Å². The summed E-state index contributed by atoms with van der Waals surface area (Å²) in [5.41, 5.74) is 5.55. The summed E-state index contributed by atoms with van der Waals surface area (Å²) in [6.45, 7) is -0.174. The van der Waals surface area contributed by atoms with Crippen LogP contribution < -0.4 is 5.73 Å². The maximum absolute atomic E-state index is 12.4. The maximum Gasteiger partial charge on any atom is 0.393 e. The largest absolute Gasteiger partial charge is 0.393 e. The third kappa shape index (κ3) is 1.47. The van der Waals surface area contributed by atoms with E-state index in [1.165, 1.54) is 11.0 Å². The molecule has 78 valence electrons. The second-order valence-corrected chi connectivity index (χ2v) is 3.38. The first-order valence-electron chi connectivity index (χ1n) is 4.18. The fraction of sp³-hybridized carbons (Fsp3) is 0.714. The van der Waals surface area contributed by atoms with Crippen molar-refractivity contribution in [2.24, 2.45) is 11.7 Å². The summed E-state index contributed by atoms with van der Waals surface area (Å²) < 4.78 is 38.4. The lowest BCUT2D eigenvalue weighted by Crippen LogP contribution is -2.37. The Hall–Kier alpha value is -1.11. The van der Waals surface area contributed by atoms with Crippen LogP contribution in [-0.4, -0.2) is 20.9 Å². The van der Waals surface area contributed by atoms with Crippen molar-refractivity contribution in [2.75, 3.05) is 0 Å². The second-order valence-electron chi connectivity index (χ2n) is 3.38. The molecule has 0 aliphatic carbocycles. The van der Waals surface area contributed by atoms with Gasteiger partial charge in [-0.2, -0.15) is 18.3 Å². The lowest BCUT2D eigenvalue weighted by atomic mass is 9.96. The van der Waals surface area contributed by atoms with Gasteiger partial charge in [0.2, 0.25) is 0 Å². The summed E-state index contributed by atoms with van der Waals surface area (Å²) in [4.78, 5) is 3.81. The van der Waals surface area contributed by atoms with Gasteiger partial charge in [-0.15, -0.1) is 0 Å². The van der Waals surface area contributed by atoms with Crippen molar-refractivity contribution in [1.29, 1.82) is 0 Å². The van der Waals surface area contributed by atoms with Crippen LogP contribution in [0.2, 0.25) is 0 Å². The van der Waals surface area contributed by atoms with Crippen LogP contribution in [0.1, 0.15) is 18.3 Å². The Bertz CT molecular complexity index is 332. The average Bonchev–Trinajstić information content (AvgIpc) is 2.50. The van der Waals surface area contributed by atoms with Gasteiger partial charge in [0.15, 0.2) is 0 Å². The fourth-order valence-electron chi connectivity index (χ4n) is 1.63. The summed E-state index contributed by atoms with van der Waals surface area (Å²) in [6.07, 6.45) is -3.09. The number of hydrogen-bond donors (Lipinski definition) is 1. The Labute approximate surface area is 77.9 Å². The van der Waals surface area contributed by atoms with E-state index in [1.807, 2.05) is 0 Å². The van der Waals surface area contributed by atoms with Crippen molar-refractivity contribution in [2.45, 2.75) is 25.2 Å². The first-order chi connectivity index (χ1) is 6.48. The van der Waals surface area contributed by atoms with Crippen molar-refractivity contribution in [1.82, 2.24) is 14.8 Å². The predicted molar refractivity (Wildman–Crippen MR) is 41.1 cm³/mol. The van der Waals surface area contributed by atoms with E-state index >= 15 is 0 Å². The highest BCUT2D eigenvalue weighted by Gasteiger charge is 2.44. The molecular weight excluding hydrogens is 197 g/mol. The van der Waals surface area contributed by atoms with E-state index in [2.05, 4.69) is 10.1 Å². The second kappa shape index (κ2) is 2.94. The Kier molecular flexibility index (Phi) is 1.99. The third-order valence-electron chi connectivity index (χ3n) is 2.37. The summed E-state index contributed by atoms with van der Waals surface area (Å²) >= 11 is 0. The van der Waals surface area contributed by atoms with Gasteiger partial charge in [-0.25, -0.2) is 9.67 Å². The molecule has 2 unspecified atom stereocenters. The first kappa shape index (κ1) is 9.45. The Balaban J connectivity index is 2.26. The predicted octanol–water partition coefficient (Wildman–Crippen LogP) is 0.860. The Morgan fingerprint density at radius 1 is 1.50 bits per heavy atom. The monoisotopic (exact) mass is 206 g/mol. The van der Waals surface area contributed by atoms with Gasteiger partial charge in [0.1, 0.15) is 12.2 Å². The molecule has 0 spiro atoms. The molecule has 1 aromatic heterocycles. The third-order valence-corrected chi connectivity index (χ3v) is 2.37. The van der Waals surface area contributed by atoms with Crippen LogP contribution in [0.25, 0.3) is 0 Å². The van der Waals surface area contributed by atoms with Crippen LogP contribution in [0.4, 0.5) is 13.2 Å². The molecule has 0 bridgehead atoms. The molecule has 0 saturated heterocycles. The van der Waals surface area contributed by atoms with E-state index in [0.29, 0.717) is 5.82 Å². The van der Waals surface area contributed by atoms with Crippen LogP contribution in [-0.2, 0) is 6.54 Å². The number of alkyl halides is 3. The van der Waals surface area contributed by atoms with E-state index < -0.39 is 18.1 Å². The highest BCUT2D eigenvalue weighted by Crippen LogP contribution is 2.36. The van der Waals surface area contributed by atoms with Crippen molar-refractivity contribution in [3.05, 3.63) is 12.2 Å². The number of rotatable bonds is 0.